The second-order valence-electron chi connectivity index (χ2n) is 4.61. The van der Waals surface area contributed by atoms with Crippen LogP contribution >= 0.6 is 0 Å². The summed E-state index contributed by atoms with van der Waals surface area (Å²) in [6.07, 6.45) is 0. The van der Waals surface area contributed by atoms with Crippen LogP contribution in [0.4, 0.5) is 0 Å². The molecule has 0 aliphatic heterocycles. The number of nitrogens with one attached hydrogen (secondary N) is 1. The predicted octanol–water partition coefficient (Wildman–Crippen LogP) is 2.64. The Balaban J connectivity index is 2.40. The van der Waals surface area contributed by atoms with Crippen molar-refractivity contribution in [2.24, 2.45) is 0 Å². The molecule has 0 saturated carbocycles. The maximum atomic E-state index is 9.91. The van der Waals surface area contributed by atoms with Crippen molar-refractivity contribution in [3.63, 3.8) is 0 Å². The van der Waals surface area contributed by atoms with Gasteiger partial charge in [0.25, 0.3) is 0 Å². The summed E-state index contributed by atoms with van der Waals surface area (Å²) in [6, 6.07) is 5.37. The van der Waals surface area contributed by atoms with Crippen LogP contribution in [0.3, 0.4) is 0 Å². The molecule has 0 spiro atoms. The third-order valence-electron chi connectivity index (χ3n) is 2.75. The van der Waals surface area contributed by atoms with Crippen molar-refractivity contribution in [1.82, 2.24) is 5.32 Å². The van der Waals surface area contributed by atoms with Crippen LogP contribution in [-0.4, -0.2) is 32.0 Å². The Bertz CT molecular complexity index is 418. The van der Waals surface area contributed by atoms with E-state index < -0.39 is 0 Å². The molecule has 19 heavy (non-hydrogen) atoms. The first-order chi connectivity index (χ1) is 9.04. The van der Waals surface area contributed by atoms with Crippen LogP contribution in [0.2, 0.25) is 0 Å². The quantitative estimate of drug-likeness (QED) is 0.560. The average Bonchev–Trinajstić information content (AvgIpc) is 2.37. The Labute approximate surface area is 115 Å². The second-order valence-corrected chi connectivity index (χ2v) is 4.61. The smallest absolute Gasteiger partial charge is 0.124 e. The molecule has 1 aromatic carbocycles. The van der Waals surface area contributed by atoms with E-state index in [0.717, 1.165) is 17.7 Å². The van der Waals surface area contributed by atoms with E-state index >= 15 is 0 Å². The molecular formula is C15H23NO3. The molecule has 0 bridgehead atoms. The summed E-state index contributed by atoms with van der Waals surface area (Å²) in [5.74, 6) is 0.889. The Hall–Kier alpha value is -1.52. The van der Waals surface area contributed by atoms with E-state index in [0.29, 0.717) is 19.0 Å². The first kappa shape index (κ1) is 15.5. The number of benzene rings is 1. The summed E-state index contributed by atoms with van der Waals surface area (Å²) in [4.78, 5) is 0. The number of ether oxygens (including phenoxy) is 2. The van der Waals surface area contributed by atoms with Crippen LogP contribution in [0.1, 0.15) is 25.5 Å². The molecular weight excluding hydrogens is 242 g/mol. The van der Waals surface area contributed by atoms with Gasteiger partial charge in [-0.3, -0.25) is 0 Å². The second kappa shape index (κ2) is 7.81. The van der Waals surface area contributed by atoms with Gasteiger partial charge in [0.15, 0.2) is 0 Å². The summed E-state index contributed by atoms with van der Waals surface area (Å²) in [7, 11) is 1.58. The molecule has 1 unspecified atom stereocenters. The molecule has 0 aromatic heterocycles. The predicted molar refractivity (Wildman–Crippen MR) is 76.7 cm³/mol. The lowest BCUT2D eigenvalue weighted by atomic mass is 10.1. The van der Waals surface area contributed by atoms with E-state index in [2.05, 4.69) is 11.9 Å². The zero-order chi connectivity index (χ0) is 14.3. The average molecular weight is 265 g/mol. The molecule has 4 nitrogen and oxygen atoms in total. The Morgan fingerprint density at radius 3 is 2.79 bits per heavy atom. The third kappa shape index (κ3) is 5.32. The Kier molecular flexibility index (Phi) is 6.39. The van der Waals surface area contributed by atoms with Gasteiger partial charge in [-0.15, -0.1) is 0 Å². The van der Waals surface area contributed by atoms with Crippen LogP contribution in [0.25, 0.3) is 0 Å². The maximum absolute atomic E-state index is 9.91. The van der Waals surface area contributed by atoms with Crippen molar-refractivity contribution >= 4 is 0 Å². The summed E-state index contributed by atoms with van der Waals surface area (Å²) >= 11 is 0. The monoisotopic (exact) mass is 265 g/mol. The van der Waals surface area contributed by atoms with Crippen molar-refractivity contribution in [2.75, 3.05) is 26.9 Å². The molecule has 0 radical (unpaired) electrons. The highest BCUT2D eigenvalue weighted by Crippen LogP contribution is 2.28. The number of phenolic OH excluding ortho intramolecular Hbond substituents is 1. The van der Waals surface area contributed by atoms with Crippen LogP contribution in [-0.2, 0) is 4.74 Å². The zero-order valence-corrected chi connectivity index (χ0v) is 11.9. The highest BCUT2D eigenvalue weighted by Gasteiger charge is 2.10. The highest BCUT2D eigenvalue weighted by atomic mass is 16.5. The van der Waals surface area contributed by atoms with Gasteiger partial charge in [-0.1, -0.05) is 18.2 Å². The van der Waals surface area contributed by atoms with E-state index in [4.69, 9.17) is 9.47 Å². The molecule has 1 rings (SSSR count). The first-order valence-corrected chi connectivity index (χ1v) is 6.37. The summed E-state index contributed by atoms with van der Waals surface area (Å²) in [5.41, 5.74) is 1.86. The van der Waals surface area contributed by atoms with Crippen molar-refractivity contribution in [3.8, 4) is 11.5 Å². The molecule has 0 aliphatic rings. The van der Waals surface area contributed by atoms with Crippen molar-refractivity contribution < 1.29 is 14.6 Å². The minimum Gasteiger partial charge on any atom is -0.507 e. The van der Waals surface area contributed by atoms with Crippen LogP contribution in [0.5, 0.6) is 11.5 Å². The van der Waals surface area contributed by atoms with Gasteiger partial charge < -0.3 is 19.9 Å². The minimum atomic E-state index is 0.0549. The molecule has 4 heteroatoms. The van der Waals surface area contributed by atoms with Gasteiger partial charge in [-0.05, 0) is 19.9 Å². The SMILES string of the molecule is C=C(C)COCCNC(C)c1ccc(OC)cc1O. The lowest BCUT2D eigenvalue weighted by Crippen LogP contribution is -2.23. The molecule has 0 saturated heterocycles. The van der Waals surface area contributed by atoms with Gasteiger partial charge in [-0.25, -0.2) is 0 Å². The lowest BCUT2D eigenvalue weighted by Gasteiger charge is -2.16. The molecule has 2 N–H and O–H groups in total. The van der Waals surface area contributed by atoms with Crippen molar-refractivity contribution in [3.05, 3.63) is 35.9 Å². The van der Waals surface area contributed by atoms with Crippen LogP contribution < -0.4 is 10.1 Å². The lowest BCUT2D eigenvalue weighted by molar-refractivity contribution is 0.155. The highest BCUT2D eigenvalue weighted by molar-refractivity contribution is 5.41. The van der Waals surface area contributed by atoms with Gasteiger partial charge in [0, 0.05) is 24.2 Å². The first-order valence-electron chi connectivity index (χ1n) is 6.37. The summed E-state index contributed by atoms with van der Waals surface area (Å²) in [5, 5.41) is 13.2. The van der Waals surface area contributed by atoms with Gasteiger partial charge in [0.1, 0.15) is 11.5 Å². The van der Waals surface area contributed by atoms with E-state index in [9.17, 15) is 5.11 Å². The molecule has 0 fully saturated rings. The topological polar surface area (TPSA) is 50.7 Å². The minimum absolute atomic E-state index is 0.0549. The molecule has 1 aromatic rings. The molecule has 0 heterocycles. The molecule has 1 atom stereocenters. The van der Waals surface area contributed by atoms with Crippen LogP contribution in [0, 0.1) is 0 Å². The molecule has 0 amide bonds. The number of rotatable bonds is 8. The fourth-order valence-corrected chi connectivity index (χ4v) is 1.72. The number of methoxy groups -OCH3 is 1. The number of hydrogen-bond donors (Lipinski definition) is 2. The Morgan fingerprint density at radius 2 is 2.21 bits per heavy atom. The van der Waals surface area contributed by atoms with E-state index in [1.807, 2.05) is 26.0 Å². The number of aromatic hydroxyl groups is 1. The van der Waals surface area contributed by atoms with Crippen molar-refractivity contribution in [2.45, 2.75) is 19.9 Å². The van der Waals surface area contributed by atoms with E-state index in [-0.39, 0.29) is 11.8 Å². The largest absolute Gasteiger partial charge is 0.507 e. The fourth-order valence-electron chi connectivity index (χ4n) is 1.72. The normalized spacial score (nSPS) is 12.2. The van der Waals surface area contributed by atoms with Crippen molar-refractivity contribution in [1.29, 1.82) is 0 Å². The Morgan fingerprint density at radius 1 is 1.47 bits per heavy atom. The summed E-state index contributed by atoms with van der Waals surface area (Å²) < 4.78 is 10.5. The number of hydrogen-bond acceptors (Lipinski definition) is 4. The summed E-state index contributed by atoms with van der Waals surface area (Å²) in [6.45, 7) is 9.64. The van der Waals surface area contributed by atoms with Gasteiger partial charge in [-0.2, -0.15) is 0 Å². The van der Waals surface area contributed by atoms with Crippen LogP contribution in [0.15, 0.2) is 30.4 Å². The standard InChI is InChI=1S/C15H23NO3/c1-11(2)10-19-8-7-16-12(3)14-6-5-13(18-4)9-15(14)17/h5-6,9,12,16-17H,1,7-8,10H2,2-4H3. The maximum Gasteiger partial charge on any atom is 0.124 e. The zero-order valence-electron chi connectivity index (χ0n) is 11.9. The van der Waals surface area contributed by atoms with Gasteiger partial charge in [0.05, 0.1) is 20.3 Å². The number of phenols is 1. The fraction of sp³-hybridized carbons (Fsp3) is 0.467. The molecule has 0 aliphatic carbocycles. The van der Waals surface area contributed by atoms with Gasteiger partial charge in [0.2, 0.25) is 0 Å². The van der Waals surface area contributed by atoms with E-state index in [1.165, 1.54) is 0 Å². The third-order valence-corrected chi connectivity index (χ3v) is 2.75. The van der Waals surface area contributed by atoms with E-state index in [1.54, 1.807) is 13.2 Å². The molecule has 106 valence electrons. The van der Waals surface area contributed by atoms with Gasteiger partial charge >= 0.3 is 0 Å².